The molecule has 0 unspecified atom stereocenters. The average molecular weight is 348 g/mol. The van der Waals surface area contributed by atoms with E-state index in [-0.39, 0.29) is 0 Å². The lowest BCUT2D eigenvalue weighted by Crippen LogP contribution is -2.18. The molecule has 0 saturated carbocycles. The minimum atomic E-state index is 0.673. The number of aromatic nitrogens is 2. The zero-order valence-electron chi connectivity index (χ0n) is 12.7. The molecule has 0 aliphatic rings. The van der Waals surface area contributed by atoms with Crippen molar-refractivity contribution in [2.45, 2.75) is 39.8 Å². The van der Waals surface area contributed by atoms with Crippen LogP contribution in [0.2, 0.25) is 0 Å². The summed E-state index contributed by atoms with van der Waals surface area (Å²) in [6.45, 7) is 9.04. The van der Waals surface area contributed by atoms with Crippen molar-refractivity contribution in [3.05, 3.63) is 15.9 Å². The number of unbranched alkanes of at least 4 members (excludes halogenated alkanes) is 1. The molecule has 20 heavy (non-hydrogen) atoms. The molecule has 0 aromatic carbocycles. The second-order valence-corrected chi connectivity index (χ2v) is 5.44. The van der Waals surface area contributed by atoms with Gasteiger partial charge in [-0.2, -0.15) is 5.10 Å². The normalized spacial score (nSPS) is 11.2. The topological polar surface area (TPSA) is 48.3 Å². The van der Waals surface area contributed by atoms with Crippen LogP contribution in [0.5, 0.6) is 0 Å². The number of nitrogens with one attached hydrogen (secondary N) is 1. The molecule has 116 valence electrons. The lowest BCUT2D eigenvalue weighted by Gasteiger charge is -2.08. The molecule has 0 spiro atoms. The summed E-state index contributed by atoms with van der Waals surface area (Å²) in [5.74, 6) is 0. The number of nitrogens with zero attached hydrogens (tertiary/aromatic N) is 2. The second kappa shape index (κ2) is 10.3. The molecule has 0 aliphatic carbocycles. The Balaban J connectivity index is 2.12. The Morgan fingerprint density at radius 3 is 2.75 bits per heavy atom. The number of hydrogen-bond donors (Lipinski definition) is 1. The van der Waals surface area contributed by atoms with Gasteiger partial charge in [0.2, 0.25) is 0 Å². The van der Waals surface area contributed by atoms with E-state index in [0.29, 0.717) is 13.2 Å². The van der Waals surface area contributed by atoms with E-state index in [4.69, 9.17) is 9.47 Å². The monoisotopic (exact) mass is 347 g/mol. The number of methoxy groups -OCH3 is 1. The molecule has 0 aliphatic heterocycles. The van der Waals surface area contributed by atoms with Crippen LogP contribution in [0, 0.1) is 6.92 Å². The largest absolute Gasteiger partial charge is 0.382 e. The maximum atomic E-state index is 5.42. The van der Waals surface area contributed by atoms with Gasteiger partial charge in [0.15, 0.2) is 0 Å². The Kier molecular flexibility index (Phi) is 9.09. The maximum absolute atomic E-state index is 5.42. The van der Waals surface area contributed by atoms with E-state index in [9.17, 15) is 0 Å². The summed E-state index contributed by atoms with van der Waals surface area (Å²) in [5, 5.41) is 7.95. The van der Waals surface area contributed by atoms with Crippen molar-refractivity contribution < 1.29 is 9.47 Å². The van der Waals surface area contributed by atoms with E-state index in [1.165, 1.54) is 5.69 Å². The molecule has 0 bridgehead atoms. The summed E-state index contributed by atoms with van der Waals surface area (Å²) < 4.78 is 13.5. The quantitative estimate of drug-likeness (QED) is 0.625. The van der Waals surface area contributed by atoms with Gasteiger partial charge in [-0.3, -0.25) is 4.68 Å². The number of halogens is 1. The predicted octanol–water partition coefficient (Wildman–Crippen LogP) is 2.51. The molecular weight excluding hydrogens is 322 g/mol. The molecule has 0 fully saturated rings. The summed E-state index contributed by atoms with van der Waals surface area (Å²) in [4.78, 5) is 0. The lowest BCUT2D eigenvalue weighted by atomic mass is 10.3. The van der Waals surface area contributed by atoms with Gasteiger partial charge < -0.3 is 14.8 Å². The number of ether oxygens (including phenoxy) is 2. The van der Waals surface area contributed by atoms with Gasteiger partial charge in [-0.05, 0) is 49.2 Å². The van der Waals surface area contributed by atoms with Crippen LogP contribution in [0.3, 0.4) is 0 Å². The first-order valence-electron chi connectivity index (χ1n) is 7.19. The van der Waals surface area contributed by atoms with Crippen molar-refractivity contribution in [2.24, 2.45) is 0 Å². The van der Waals surface area contributed by atoms with E-state index in [0.717, 1.165) is 49.2 Å². The summed E-state index contributed by atoms with van der Waals surface area (Å²) >= 11 is 3.60. The van der Waals surface area contributed by atoms with Crippen molar-refractivity contribution in [1.29, 1.82) is 0 Å². The van der Waals surface area contributed by atoms with Crippen LogP contribution in [0.4, 0.5) is 0 Å². The van der Waals surface area contributed by atoms with Crippen molar-refractivity contribution in [2.75, 3.05) is 33.5 Å². The first-order valence-corrected chi connectivity index (χ1v) is 7.99. The van der Waals surface area contributed by atoms with E-state index >= 15 is 0 Å². The Morgan fingerprint density at radius 1 is 1.25 bits per heavy atom. The highest BCUT2D eigenvalue weighted by atomic mass is 79.9. The minimum absolute atomic E-state index is 0.673. The fraction of sp³-hybridized carbons (Fsp3) is 0.786. The molecule has 1 aromatic heterocycles. The van der Waals surface area contributed by atoms with E-state index in [2.05, 4.69) is 33.3 Å². The van der Waals surface area contributed by atoms with Gasteiger partial charge in [0.1, 0.15) is 0 Å². The standard InChI is InChI=1S/C14H26BrN3O2/c1-4-18-13(14(15)12(2)17-18)11-16-7-5-6-8-20-10-9-19-3/h16H,4-11H2,1-3H3. The molecule has 5 nitrogen and oxygen atoms in total. The van der Waals surface area contributed by atoms with Crippen LogP contribution in [-0.4, -0.2) is 43.3 Å². The van der Waals surface area contributed by atoms with Gasteiger partial charge in [-0.1, -0.05) is 0 Å². The number of rotatable bonds is 11. The SMILES string of the molecule is CCn1nc(C)c(Br)c1CNCCCCOCCOC. The number of hydrogen-bond acceptors (Lipinski definition) is 4. The highest BCUT2D eigenvalue weighted by Crippen LogP contribution is 2.20. The summed E-state index contributed by atoms with van der Waals surface area (Å²) in [5.41, 5.74) is 2.27. The second-order valence-electron chi connectivity index (χ2n) is 4.65. The third-order valence-corrected chi connectivity index (χ3v) is 4.10. The zero-order valence-corrected chi connectivity index (χ0v) is 14.3. The van der Waals surface area contributed by atoms with Gasteiger partial charge in [0, 0.05) is 26.8 Å². The van der Waals surface area contributed by atoms with E-state index in [1.807, 2.05) is 11.6 Å². The highest BCUT2D eigenvalue weighted by molar-refractivity contribution is 9.10. The Bertz CT molecular complexity index is 383. The van der Waals surface area contributed by atoms with Crippen LogP contribution in [-0.2, 0) is 22.6 Å². The first kappa shape index (κ1) is 17.6. The van der Waals surface area contributed by atoms with Crippen LogP contribution in [0.15, 0.2) is 4.47 Å². The summed E-state index contributed by atoms with van der Waals surface area (Å²) in [6.07, 6.45) is 2.19. The average Bonchev–Trinajstić information content (AvgIpc) is 2.73. The Hall–Kier alpha value is -0.430. The Labute approximate surface area is 130 Å². The number of aryl methyl sites for hydroxylation is 2. The third kappa shape index (κ3) is 5.91. The van der Waals surface area contributed by atoms with Crippen molar-refractivity contribution in [3.63, 3.8) is 0 Å². The molecular formula is C14H26BrN3O2. The third-order valence-electron chi connectivity index (χ3n) is 3.07. The zero-order chi connectivity index (χ0) is 14.8. The summed E-state index contributed by atoms with van der Waals surface area (Å²) in [7, 11) is 1.69. The molecule has 0 radical (unpaired) electrons. The Morgan fingerprint density at radius 2 is 2.05 bits per heavy atom. The van der Waals surface area contributed by atoms with Gasteiger partial charge in [0.05, 0.1) is 29.1 Å². The van der Waals surface area contributed by atoms with Crippen molar-refractivity contribution in [1.82, 2.24) is 15.1 Å². The smallest absolute Gasteiger partial charge is 0.0739 e. The first-order chi connectivity index (χ1) is 9.70. The van der Waals surface area contributed by atoms with Gasteiger partial charge in [-0.15, -0.1) is 0 Å². The van der Waals surface area contributed by atoms with Crippen LogP contribution in [0.25, 0.3) is 0 Å². The predicted molar refractivity (Wildman–Crippen MR) is 84.0 cm³/mol. The molecule has 0 saturated heterocycles. The molecule has 1 rings (SSSR count). The van der Waals surface area contributed by atoms with Gasteiger partial charge in [0.25, 0.3) is 0 Å². The fourth-order valence-electron chi connectivity index (χ4n) is 1.94. The molecule has 1 heterocycles. The van der Waals surface area contributed by atoms with Gasteiger partial charge in [-0.25, -0.2) is 0 Å². The minimum Gasteiger partial charge on any atom is -0.382 e. The molecule has 1 aromatic rings. The molecule has 1 N–H and O–H groups in total. The van der Waals surface area contributed by atoms with Gasteiger partial charge >= 0.3 is 0 Å². The van der Waals surface area contributed by atoms with Crippen LogP contribution < -0.4 is 5.32 Å². The lowest BCUT2D eigenvalue weighted by molar-refractivity contribution is 0.0688. The maximum Gasteiger partial charge on any atom is 0.0739 e. The molecule has 0 atom stereocenters. The van der Waals surface area contributed by atoms with Crippen molar-refractivity contribution in [3.8, 4) is 0 Å². The van der Waals surface area contributed by atoms with Crippen molar-refractivity contribution >= 4 is 15.9 Å². The van der Waals surface area contributed by atoms with E-state index in [1.54, 1.807) is 7.11 Å². The van der Waals surface area contributed by atoms with Crippen LogP contribution >= 0.6 is 15.9 Å². The highest BCUT2D eigenvalue weighted by Gasteiger charge is 2.10. The summed E-state index contributed by atoms with van der Waals surface area (Å²) in [6, 6.07) is 0. The van der Waals surface area contributed by atoms with E-state index < -0.39 is 0 Å². The van der Waals surface area contributed by atoms with Crippen LogP contribution in [0.1, 0.15) is 31.2 Å². The molecule has 6 heteroatoms. The fourth-order valence-corrected chi connectivity index (χ4v) is 2.37. The molecule has 0 amide bonds.